The van der Waals surface area contributed by atoms with Gasteiger partial charge in [-0.15, -0.1) is 0 Å². The van der Waals surface area contributed by atoms with E-state index < -0.39 is 24.3 Å². The van der Waals surface area contributed by atoms with Crippen LogP contribution in [-0.4, -0.2) is 18.5 Å². The molecule has 0 heterocycles. The molecule has 2 aromatic rings. The molecule has 0 saturated heterocycles. The number of carbonyl (C=O) groups excluding carboxylic acids is 2. The quantitative estimate of drug-likeness (QED) is 0.746. The zero-order chi connectivity index (χ0) is 18.2. The predicted octanol–water partition coefficient (Wildman–Crippen LogP) is 4.29. The highest BCUT2D eigenvalue weighted by Crippen LogP contribution is 2.20. The molecule has 1 atom stereocenters. The van der Waals surface area contributed by atoms with Crippen LogP contribution in [0.5, 0.6) is 0 Å². The summed E-state index contributed by atoms with van der Waals surface area (Å²) >= 11 is 5.80. The Morgan fingerprint density at radius 3 is 2.52 bits per heavy atom. The molecule has 0 aliphatic rings. The normalized spacial score (nSPS) is 11.6. The van der Waals surface area contributed by atoms with E-state index in [-0.39, 0.29) is 16.6 Å². The highest BCUT2D eigenvalue weighted by atomic mass is 35.5. The van der Waals surface area contributed by atoms with Crippen LogP contribution in [-0.2, 0) is 9.53 Å². The molecule has 0 aliphatic heterocycles. The number of amides is 1. The standard InChI is InChI=1S/C19H19ClFNO3/c1-2-7-16(13-8-4-3-5-9-13)22-17(23)12-25-19(24)18-14(20)10-6-11-15(18)21/h3-6,8-11,16H,2,7,12H2,1H3,(H,22,23). The molecule has 2 aromatic carbocycles. The average molecular weight is 364 g/mol. The third kappa shape index (κ3) is 5.29. The van der Waals surface area contributed by atoms with Gasteiger partial charge in [0.05, 0.1) is 11.1 Å². The summed E-state index contributed by atoms with van der Waals surface area (Å²) in [6.07, 6.45) is 1.63. The Kier molecular flexibility index (Phi) is 6.95. The molecular weight excluding hydrogens is 345 g/mol. The molecule has 25 heavy (non-hydrogen) atoms. The Morgan fingerprint density at radius 2 is 1.88 bits per heavy atom. The minimum absolute atomic E-state index is 0.0569. The summed E-state index contributed by atoms with van der Waals surface area (Å²) in [6, 6.07) is 13.2. The first-order chi connectivity index (χ1) is 12.0. The van der Waals surface area contributed by atoms with E-state index in [9.17, 15) is 14.0 Å². The average Bonchev–Trinajstić information content (AvgIpc) is 2.60. The van der Waals surface area contributed by atoms with Crippen LogP contribution in [0.1, 0.15) is 41.7 Å². The van der Waals surface area contributed by atoms with Gasteiger partial charge in [-0.05, 0) is 24.1 Å². The van der Waals surface area contributed by atoms with E-state index in [0.717, 1.165) is 24.5 Å². The lowest BCUT2D eigenvalue weighted by atomic mass is 10.0. The van der Waals surface area contributed by atoms with Gasteiger partial charge >= 0.3 is 5.97 Å². The van der Waals surface area contributed by atoms with Crippen LogP contribution in [0.2, 0.25) is 5.02 Å². The molecule has 2 rings (SSSR count). The maximum absolute atomic E-state index is 13.7. The van der Waals surface area contributed by atoms with Crippen LogP contribution in [0.15, 0.2) is 48.5 Å². The molecule has 1 unspecified atom stereocenters. The van der Waals surface area contributed by atoms with E-state index in [1.165, 1.54) is 12.1 Å². The van der Waals surface area contributed by atoms with Crippen LogP contribution in [0.25, 0.3) is 0 Å². The fourth-order valence-corrected chi connectivity index (χ4v) is 2.67. The molecule has 4 nitrogen and oxygen atoms in total. The van der Waals surface area contributed by atoms with Crippen LogP contribution in [0, 0.1) is 5.82 Å². The molecule has 6 heteroatoms. The Morgan fingerprint density at radius 1 is 1.16 bits per heavy atom. The number of benzene rings is 2. The molecule has 0 radical (unpaired) electrons. The Hall–Kier alpha value is -2.40. The summed E-state index contributed by atoms with van der Waals surface area (Å²) in [4.78, 5) is 24.0. The number of nitrogens with one attached hydrogen (secondary N) is 1. The summed E-state index contributed by atoms with van der Waals surface area (Å²) in [7, 11) is 0. The number of rotatable bonds is 7. The van der Waals surface area contributed by atoms with Gasteiger partial charge in [0.15, 0.2) is 6.61 Å². The topological polar surface area (TPSA) is 55.4 Å². The number of hydrogen-bond acceptors (Lipinski definition) is 3. The first-order valence-electron chi connectivity index (χ1n) is 7.98. The van der Waals surface area contributed by atoms with Gasteiger partial charge in [0, 0.05) is 0 Å². The summed E-state index contributed by atoms with van der Waals surface area (Å²) in [5, 5.41) is 2.77. The summed E-state index contributed by atoms with van der Waals surface area (Å²) in [5.41, 5.74) is 0.603. The van der Waals surface area contributed by atoms with Crippen molar-refractivity contribution < 1.29 is 18.7 Å². The zero-order valence-electron chi connectivity index (χ0n) is 13.8. The molecule has 0 saturated carbocycles. The molecule has 132 valence electrons. The minimum atomic E-state index is -0.968. The lowest BCUT2D eigenvalue weighted by Crippen LogP contribution is -2.32. The molecule has 0 spiro atoms. The first-order valence-corrected chi connectivity index (χ1v) is 8.36. The van der Waals surface area contributed by atoms with Gasteiger partial charge < -0.3 is 10.1 Å². The van der Waals surface area contributed by atoms with Crippen molar-refractivity contribution in [2.24, 2.45) is 0 Å². The number of esters is 1. The summed E-state index contributed by atoms with van der Waals surface area (Å²) < 4.78 is 18.6. The lowest BCUT2D eigenvalue weighted by molar-refractivity contribution is -0.125. The second kappa shape index (κ2) is 9.18. The number of halogens is 2. The van der Waals surface area contributed by atoms with Gasteiger partial charge in [-0.25, -0.2) is 9.18 Å². The van der Waals surface area contributed by atoms with E-state index in [2.05, 4.69) is 5.32 Å². The largest absolute Gasteiger partial charge is 0.452 e. The summed E-state index contributed by atoms with van der Waals surface area (Å²) in [6.45, 7) is 1.51. The lowest BCUT2D eigenvalue weighted by Gasteiger charge is -2.18. The second-order valence-corrected chi connectivity index (χ2v) is 5.90. The van der Waals surface area contributed by atoms with Crippen LogP contribution in [0.4, 0.5) is 4.39 Å². The molecule has 1 amide bonds. The third-order valence-electron chi connectivity index (χ3n) is 3.62. The van der Waals surface area contributed by atoms with Gasteiger partial charge in [0.1, 0.15) is 11.4 Å². The van der Waals surface area contributed by atoms with E-state index in [1.54, 1.807) is 0 Å². The molecule has 0 aliphatic carbocycles. The fraction of sp³-hybridized carbons (Fsp3) is 0.263. The predicted molar refractivity (Wildman–Crippen MR) is 93.9 cm³/mol. The van der Waals surface area contributed by atoms with Crippen molar-refractivity contribution >= 4 is 23.5 Å². The monoisotopic (exact) mass is 363 g/mol. The molecule has 0 aromatic heterocycles. The minimum Gasteiger partial charge on any atom is -0.452 e. The molecule has 0 fully saturated rings. The van der Waals surface area contributed by atoms with Crippen molar-refractivity contribution in [3.63, 3.8) is 0 Å². The Bertz CT molecular complexity index is 716. The highest BCUT2D eigenvalue weighted by Gasteiger charge is 2.19. The zero-order valence-corrected chi connectivity index (χ0v) is 14.6. The van der Waals surface area contributed by atoms with Crippen molar-refractivity contribution in [3.05, 3.63) is 70.5 Å². The van der Waals surface area contributed by atoms with Gasteiger partial charge in [0.25, 0.3) is 5.91 Å². The SMILES string of the molecule is CCCC(NC(=O)COC(=O)c1c(F)cccc1Cl)c1ccccc1. The van der Waals surface area contributed by atoms with Gasteiger partial charge in [-0.1, -0.05) is 61.3 Å². The van der Waals surface area contributed by atoms with Gasteiger partial charge in [-0.3, -0.25) is 4.79 Å². The van der Waals surface area contributed by atoms with Crippen molar-refractivity contribution in [3.8, 4) is 0 Å². The fourth-order valence-electron chi connectivity index (χ4n) is 2.43. The first kappa shape index (κ1) is 18.9. The van der Waals surface area contributed by atoms with Crippen molar-refractivity contribution in [2.75, 3.05) is 6.61 Å². The smallest absolute Gasteiger partial charge is 0.343 e. The number of hydrogen-bond donors (Lipinski definition) is 1. The molecular formula is C19H19ClFNO3. The Balaban J connectivity index is 1.96. The number of carbonyl (C=O) groups is 2. The van der Waals surface area contributed by atoms with Crippen molar-refractivity contribution in [1.29, 1.82) is 0 Å². The Labute approximate surface area is 150 Å². The summed E-state index contributed by atoms with van der Waals surface area (Å²) in [5.74, 6) is -2.21. The van der Waals surface area contributed by atoms with E-state index in [0.29, 0.717) is 0 Å². The van der Waals surface area contributed by atoms with E-state index in [4.69, 9.17) is 16.3 Å². The van der Waals surface area contributed by atoms with Crippen LogP contribution < -0.4 is 5.32 Å². The van der Waals surface area contributed by atoms with Crippen molar-refractivity contribution in [1.82, 2.24) is 5.32 Å². The van der Waals surface area contributed by atoms with Crippen molar-refractivity contribution in [2.45, 2.75) is 25.8 Å². The maximum atomic E-state index is 13.7. The van der Waals surface area contributed by atoms with E-state index >= 15 is 0 Å². The van der Waals surface area contributed by atoms with Gasteiger partial charge in [-0.2, -0.15) is 0 Å². The highest BCUT2D eigenvalue weighted by molar-refractivity contribution is 6.33. The van der Waals surface area contributed by atoms with Gasteiger partial charge in [0.2, 0.25) is 0 Å². The third-order valence-corrected chi connectivity index (χ3v) is 3.93. The molecule has 1 N–H and O–H groups in total. The molecule has 0 bridgehead atoms. The number of ether oxygens (including phenoxy) is 1. The maximum Gasteiger partial charge on any atom is 0.343 e. The second-order valence-electron chi connectivity index (χ2n) is 5.49. The van der Waals surface area contributed by atoms with Crippen LogP contribution in [0.3, 0.4) is 0 Å². The van der Waals surface area contributed by atoms with Crippen LogP contribution >= 0.6 is 11.6 Å². The van der Waals surface area contributed by atoms with E-state index in [1.807, 2.05) is 37.3 Å².